The van der Waals surface area contributed by atoms with Gasteiger partial charge in [0.1, 0.15) is 5.82 Å². The molecule has 2 saturated heterocycles. The molecule has 0 saturated carbocycles. The molecule has 4 heterocycles. The fourth-order valence-corrected chi connectivity index (χ4v) is 7.01. The zero-order chi connectivity index (χ0) is 37.3. The van der Waals surface area contributed by atoms with Crippen LogP contribution < -0.4 is 5.73 Å². The van der Waals surface area contributed by atoms with Gasteiger partial charge < -0.3 is 29.4 Å². The number of morpholine rings is 2. The number of hydrogen-bond donors (Lipinski definition) is 1. The van der Waals surface area contributed by atoms with Gasteiger partial charge in [-0.15, -0.1) is 0 Å². The highest BCUT2D eigenvalue weighted by Crippen LogP contribution is 2.38. The number of amides is 1. The summed E-state index contributed by atoms with van der Waals surface area (Å²) in [6.45, 7) is 7.00. The first-order valence-corrected chi connectivity index (χ1v) is 18.0. The smallest absolute Gasteiger partial charge is 0.449 e. The van der Waals surface area contributed by atoms with Gasteiger partial charge in [-0.05, 0) is 63.2 Å². The quantitative estimate of drug-likeness (QED) is 0.116. The fraction of sp³-hybridized carbons (Fsp3) is 0.686. The Morgan fingerprint density at radius 2 is 1.50 bits per heavy atom. The van der Waals surface area contributed by atoms with Gasteiger partial charge >= 0.3 is 12.1 Å². The average molecular weight is 747 g/mol. The lowest BCUT2D eigenvalue weighted by atomic mass is 10.0. The van der Waals surface area contributed by atoms with Crippen molar-refractivity contribution in [2.24, 2.45) is 5.73 Å². The van der Waals surface area contributed by atoms with E-state index < -0.39 is 59.1 Å². The van der Waals surface area contributed by atoms with Crippen molar-refractivity contribution in [2.75, 3.05) is 78.8 Å². The van der Waals surface area contributed by atoms with Gasteiger partial charge in [-0.2, -0.15) is 13.2 Å². The first-order chi connectivity index (χ1) is 24.9. The number of halogens is 6. The van der Waals surface area contributed by atoms with Crippen molar-refractivity contribution in [3.63, 3.8) is 0 Å². The monoisotopic (exact) mass is 746 g/mol. The van der Waals surface area contributed by atoms with Crippen molar-refractivity contribution in [2.45, 2.75) is 76.2 Å². The van der Waals surface area contributed by atoms with E-state index in [4.69, 9.17) is 19.9 Å². The molecule has 2 aromatic rings. The zero-order valence-electron chi connectivity index (χ0n) is 29.3. The van der Waals surface area contributed by atoms with E-state index in [0.29, 0.717) is 57.8 Å². The summed E-state index contributed by atoms with van der Waals surface area (Å²) in [4.78, 5) is 36.5. The summed E-state index contributed by atoms with van der Waals surface area (Å²) >= 11 is 0. The Bertz CT molecular complexity index is 1500. The number of rotatable bonds is 16. The third-order valence-electron chi connectivity index (χ3n) is 9.78. The number of nitrogens with zero attached hydrogens (tertiary/aromatic N) is 5. The minimum atomic E-state index is -4.89. The maximum Gasteiger partial charge on any atom is 0.449 e. The molecule has 0 radical (unpaired) electrons. The molecule has 1 amide bonds. The van der Waals surface area contributed by atoms with Crippen LogP contribution in [0.15, 0.2) is 12.1 Å². The van der Waals surface area contributed by atoms with Crippen molar-refractivity contribution in [1.29, 1.82) is 0 Å². The second kappa shape index (κ2) is 18.7. The predicted molar refractivity (Wildman–Crippen MR) is 177 cm³/mol. The highest BCUT2D eigenvalue weighted by atomic mass is 19.4. The van der Waals surface area contributed by atoms with Crippen LogP contribution >= 0.6 is 0 Å². The molecule has 52 heavy (non-hydrogen) atoms. The van der Waals surface area contributed by atoms with E-state index in [9.17, 15) is 35.9 Å². The van der Waals surface area contributed by atoms with Crippen LogP contribution in [0.25, 0.3) is 0 Å². The number of esters is 1. The van der Waals surface area contributed by atoms with Gasteiger partial charge in [0.05, 0.1) is 51.3 Å². The van der Waals surface area contributed by atoms with Crippen LogP contribution in [0.1, 0.15) is 78.6 Å². The van der Waals surface area contributed by atoms with Gasteiger partial charge in [0, 0.05) is 51.3 Å². The number of carbonyl (C=O) groups is 2. The number of fused-ring (bicyclic) bond motifs is 1. The molecule has 0 bridgehead atoms. The number of imidazole rings is 1. The first-order valence-electron chi connectivity index (χ1n) is 18.0. The summed E-state index contributed by atoms with van der Waals surface area (Å²) < 4.78 is 102. The fourth-order valence-electron chi connectivity index (χ4n) is 7.01. The molecule has 0 aliphatic carbocycles. The summed E-state index contributed by atoms with van der Waals surface area (Å²) in [7, 11) is 0. The van der Waals surface area contributed by atoms with E-state index >= 15 is 0 Å². The highest BCUT2D eigenvalue weighted by molar-refractivity contribution is 5.89. The normalized spacial score (nSPS) is 19.4. The Balaban J connectivity index is 1.28. The van der Waals surface area contributed by atoms with Gasteiger partial charge in [-0.3, -0.25) is 14.6 Å². The standard InChI is InChI=1S/C35H48F6N6O5/c36-27-21-29(38)28(37)19-24(27)18-25(42)20-31(48)46-22-26(6-2-4-8-45-11-16-51-17-12-45)47-30(23-46)32(43-34(47)35(39,40)41)33(49)52-13-5-1-3-7-44-9-14-50-15-10-44/h19,21,25-26H,1-18,20,22-23,42H2. The zero-order valence-corrected chi connectivity index (χ0v) is 29.3. The molecule has 2 unspecified atom stereocenters. The molecule has 17 heteroatoms. The summed E-state index contributed by atoms with van der Waals surface area (Å²) in [5, 5.41) is 0. The van der Waals surface area contributed by atoms with Gasteiger partial charge in [0.25, 0.3) is 0 Å². The lowest BCUT2D eigenvalue weighted by molar-refractivity contribution is -0.149. The minimum Gasteiger partial charge on any atom is -0.461 e. The van der Waals surface area contributed by atoms with E-state index in [1.807, 2.05) is 0 Å². The molecule has 0 spiro atoms. The van der Waals surface area contributed by atoms with Crippen molar-refractivity contribution < 1.29 is 50.1 Å². The predicted octanol–water partition coefficient (Wildman–Crippen LogP) is 4.32. The Morgan fingerprint density at radius 3 is 2.13 bits per heavy atom. The Hall–Kier alpha value is -3.25. The van der Waals surface area contributed by atoms with Gasteiger partial charge in [-0.25, -0.2) is 22.9 Å². The number of carbonyl (C=O) groups excluding carboxylic acids is 2. The number of ether oxygens (including phenoxy) is 3. The highest BCUT2D eigenvalue weighted by Gasteiger charge is 2.44. The molecule has 290 valence electrons. The van der Waals surface area contributed by atoms with Crippen molar-refractivity contribution in [3.05, 3.63) is 52.4 Å². The number of benzene rings is 1. The van der Waals surface area contributed by atoms with E-state index in [1.54, 1.807) is 0 Å². The maximum atomic E-state index is 14.5. The number of aromatic nitrogens is 2. The molecular weight excluding hydrogens is 698 g/mol. The van der Waals surface area contributed by atoms with Crippen molar-refractivity contribution >= 4 is 11.9 Å². The Kier molecular flexibility index (Phi) is 14.3. The molecule has 2 fully saturated rings. The molecule has 1 aromatic carbocycles. The van der Waals surface area contributed by atoms with Crippen molar-refractivity contribution in [3.8, 4) is 0 Å². The maximum absolute atomic E-state index is 14.5. The van der Waals surface area contributed by atoms with Crippen LogP contribution in [-0.2, 0) is 38.1 Å². The molecule has 2 atom stereocenters. The Morgan fingerprint density at radius 1 is 0.885 bits per heavy atom. The van der Waals surface area contributed by atoms with Gasteiger partial charge in [0.15, 0.2) is 17.3 Å². The number of alkyl halides is 3. The lowest BCUT2D eigenvalue weighted by Gasteiger charge is -2.36. The molecule has 1 aromatic heterocycles. The SMILES string of the molecule is NC(CC(=O)N1Cc2c(C(=O)OCCCCCN3CCOCC3)nc(C(F)(F)F)n2C(CCCCN2CCOCC2)C1)Cc1cc(F)c(F)cc1F. The van der Waals surface area contributed by atoms with Gasteiger partial charge in [-0.1, -0.05) is 6.42 Å². The number of hydrogen-bond acceptors (Lipinski definition) is 9. The second-order valence-electron chi connectivity index (χ2n) is 13.7. The molecule has 5 rings (SSSR count). The third kappa shape index (κ3) is 10.9. The van der Waals surface area contributed by atoms with Crippen LogP contribution in [0.4, 0.5) is 26.3 Å². The average Bonchev–Trinajstić information content (AvgIpc) is 3.52. The van der Waals surface area contributed by atoms with Crippen LogP contribution in [0.5, 0.6) is 0 Å². The largest absolute Gasteiger partial charge is 0.461 e. The van der Waals surface area contributed by atoms with Gasteiger partial charge in [0.2, 0.25) is 11.7 Å². The van der Waals surface area contributed by atoms with Crippen LogP contribution in [-0.4, -0.2) is 121 Å². The van der Waals surface area contributed by atoms with E-state index in [2.05, 4.69) is 14.8 Å². The van der Waals surface area contributed by atoms with E-state index in [0.717, 1.165) is 56.7 Å². The molecule has 2 N–H and O–H groups in total. The molecule has 3 aliphatic rings. The Labute approximate surface area is 299 Å². The summed E-state index contributed by atoms with van der Waals surface area (Å²) in [6.07, 6.45) is -1.88. The number of nitrogens with two attached hydrogens (primary N) is 1. The molecular formula is C35H48F6N6O5. The third-order valence-corrected chi connectivity index (χ3v) is 9.78. The summed E-state index contributed by atoms with van der Waals surface area (Å²) in [5.74, 6) is -6.41. The van der Waals surface area contributed by atoms with E-state index in [-0.39, 0.29) is 50.2 Å². The topological polar surface area (TPSA) is 115 Å². The summed E-state index contributed by atoms with van der Waals surface area (Å²) in [6, 6.07) is -0.784. The number of unbranched alkanes of at least 4 members (excludes halogenated alkanes) is 3. The second-order valence-corrected chi connectivity index (χ2v) is 13.7. The van der Waals surface area contributed by atoms with Crippen LogP contribution in [0.2, 0.25) is 0 Å². The van der Waals surface area contributed by atoms with Crippen molar-refractivity contribution in [1.82, 2.24) is 24.3 Å². The van der Waals surface area contributed by atoms with Crippen LogP contribution in [0, 0.1) is 17.5 Å². The van der Waals surface area contributed by atoms with E-state index in [1.165, 1.54) is 4.90 Å². The van der Waals surface area contributed by atoms with Crippen LogP contribution in [0.3, 0.4) is 0 Å². The summed E-state index contributed by atoms with van der Waals surface area (Å²) in [5.41, 5.74) is 5.36. The lowest BCUT2D eigenvalue weighted by Crippen LogP contribution is -2.44. The minimum absolute atomic E-state index is 0.00139. The molecule has 3 aliphatic heterocycles. The molecule has 11 nitrogen and oxygen atoms in total. The first kappa shape index (κ1) is 39.9.